The highest BCUT2D eigenvalue weighted by Crippen LogP contribution is 2.08. The van der Waals surface area contributed by atoms with Crippen LogP contribution in [-0.4, -0.2) is 28.9 Å². The average molecular weight is 245 g/mol. The lowest BCUT2D eigenvalue weighted by Gasteiger charge is -2.23. The SMILES string of the molecule is Cc1ccc(C(=O)N(CCC#N)CC(C)C)cn1. The fourth-order valence-corrected chi connectivity index (χ4v) is 1.68. The Kier molecular flexibility index (Phi) is 5.31. The van der Waals surface area contributed by atoms with Gasteiger partial charge in [0.15, 0.2) is 0 Å². The van der Waals surface area contributed by atoms with E-state index in [0.29, 0.717) is 31.0 Å². The lowest BCUT2D eigenvalue weighted by atomic mass is 10.1. The number of nitrogens with zero attached hydrogens (tertiary/aromatic N) is 3. The Morgan fingerprint density at radius 1 is 1.50 bits per heavy atom. The quantitative estimate of drug-likeness (QED) is 0.800. The molecule has 0 aromatic carbocycles. The fourth-order valence-electron chi connectivity index (χ4n) is 1.68. The molecule has 0 saturated heterocycles. The first kappa shape index (κ1) is 14.2. The molecule has 0 saturated carbocycles. The summed E-state index contributed by atoms with van der Waals surface area (Å²) < 4.78 is 0. The van der Waals surface area contributed by atoms with E-state index in [0.717, 1.165) is 5.69 Å². The van der Waals surface area contributed by atoms with Gasteiger partial charge in [-0.05, 0) is 25.0 Å². The van der Waals surface area contributed by atoms with Crippen LogP contribution < -0.4 is 0 Å². The van der Waals surface area contributed by atoms with Gasteiger partial charge >= 0.3 is 0 Å². The number of hydrogen-bond acceptors (Lipinski definition) is 3. The Morgan fingerprint density at radius 3 is 2.72 bits per heavy atom. The van der Waals surface area contributed by atoms with Gasteiger partial charge in [0.25, 0.3) is 5.91 Å². The topological polar surface area (TPSA) is 57.0 Å². The highest BCUT2D eigenvalue weighted by molar-refractivity contribution is 5.93. The van der Waals surface area contributed by atoms with Crippen molar-refractivity contribution in [2.45, 2.75) is 27.2 Å². The second-order valence-electron chi connectivity index (χ2n) is 4.74. The summed E-state index contributed by atoms with van der Waals surface area (Å²) >= 11 is 0. The molecule has 0 aliphatic heterocycles. The van der Waals surface area contributed by atoms with Crippen molar-refractivity contribution in [2.75, 3.05) is 13.1 Å². The molecule has 0 atom stereocenters. The first-order valence-corrected chi connectivity index (χ1v) is 6.13. The molecule has 1 rings (SSSR count). The lowest BCUT2D eigenvalue weighted by Crippen LogP contribution is -2.35. The lowest BCUT2D eigenvalue weighted by molar-refractivity contribution is 0.0739. The van der Waals surface area contributed by atoms with Crippen LogP contribution in [0.3, 0.4) is 0 Å². The molecule has 1 aromatic rings. The summed E-state index contributed by atoms with van der Waals surface area (Å²) in [5.74, 6) is 0.331. The minimum Gasteiger partial charge on any atom is -0.337 e. The largest absolute Gasteiger partial charge is 0.337 e. The maximum absolute atomic E-state index is 12.3. The van der Waals surface area contributed by atoms with Crippen LogP contribution in [0.25, 0.3) is 0 Å². The molecule has 0 spiro atoms. The molecule has 18 heavy (non-hydrogen) atoms. The van der Waals surface area contributed by atoms with E-state index in [1.807, 2.05) is 13.0 Å². The van der Waals surface area contributed by atoms with Crippen molar-refractivity contribution in [1.82, 2.24) is 9.88 Å². The maximum Gasteiger partial charge on any atom is 0.255 e. The van der Waals surface area contributed by atoms with Crippen LogP contribution in [0, 0.1) is 24.2 Å². The molecule has 0 aliphatic carbocycles. The van der Waals surface area contributed by atoms with Gasteiger partial charge in [-0.1, -0.05) is 13.8 Å². The number of amides is 1. The molecular weight excluding hydrogens is 226 g/mol. The van der Waals surface area contributed by atoms with Crippen molar-refractivity contribution in [3.8, 4) is 6.07 Å². The summed E-state index contributed by atoms with van der Waals surface area (Å²) in [7, 11) is 0. The fraction of sp³-hybridized carbons (Fsp3) is 0.500. The van der Waals surface area contributed by atoms with Crippen LogP contribution in [0.1, 0.15) is 36.3 Å². The third-order valence-corrected chi connectivity index (χ3v) is 2.52. The van der Waals surface area contributed by atoms with Gasteiger partial charge in [-0.25, -0.2) is 0 Å². The second kappa shape index (κ2) is 6.75. The van der Waals surface area contributed by atoms with Gasteiger partial charge in [0.2, 0.25) is 0 Å². The van der Waals surface area contributed by atoms with Crippen molar-refractivity contribution >= 4 is 5.91 Å². The van der Waals surface area contributed by atoms with Crippen molar-refractivity contribution in [1.29, 1.82) is 5.26 Å². The zero-order valence-corrected chi connectivity index (χ0v) is 11.2. The molecule has 0 bridgehead atoms. The molecule has 4 heteroatoms. The molecule has 0 fully saturated rings. The first-order chi connectivity index (χ1) is 8.54. The summed E-state index contributed by atoms with van der Waals surface area (Å²) in [5.41, 5.74) is 1.47. The monoisotopic (exact) mass is 245 g/mol. The smallest absolute Gasteiger partial charge is 0.255 e. The van der Waals surface area contributed by atoms with Crippen molar-refractivity contribution in [3.63, 3.8) is 0 Å². The van der Waals surface area contributed by atoms with Crippen LogP contribution in [0.2, 0.25) is 0 Å². The zero-order chi connectivity index (χ0) is 13.5. The number of carbonyl (C=O) groups excluding carboxylic acids is 1. The van der Waals surface area contributed by atoms with Crippen LogP contribution >= 0.6 is 0 Å². The number of aryl methyl sites for hydroxylation is 1. The van der Waals surface area contributed by atoms with E-state index >= 15 is 0 Å². The molecule has 96 valence electrons. The second-order valence-corrected chi connectivity index (χ2v) is 4.74. The molecule has 4 nitrogen and oxygen atoms in total. The summed E-state index contributed by atoms with van der Waals surface area (Å²) in [6.45, 7) is 7.13. The van der Waals surface area contributed by atoms with Gasteiger partial charge < -0.3 is 4.90 Å². The van der Waals surface area contributed by atoms with E-state index in [2.05, 4.69) is 24.9 Å². The van der Waals surface area contributed by atoms with E-state index in [4.69, 9.17) is 5.26 Å². The Bertz CT molecular complexity index is 431. The van der Waals surface area contributed by atoms with Crippen molar-refractivity contribution in [3.05, 3.63) is 29.6 Å². The van der Waals surface area contributed by atoms with E-state index in [-0.39, 0.29) is 5.91 Å². The van der Waals surface area contributed by atoms with Crippen molar-refractivity contribution in [2.24, 2.45) is 5.92 Å². The molecule has 1 amide bonds. The van der Waals surface area contributed by atoms with Crippen LogP contribution in [-0.2, 0) is 0 Å². The Balaban J connectivity index is 2.81. The summed E-state index contributed by atoms with van der Waals surface area (Å²) in [4.78, 5) is 18.1. The normalized spacial score (nSPS) is 10.2. The summed E-state index contributed by atoms with van der Waals surface area (Å²) in [5, 5.41) is 8.64. The number of aromatic nitrogens is 1. The molecule has 0 unspecified atom stereocenters. The van der Waals surface area contributed by atoms with E-state index in [1.165, 1.54) is 0 Å². The Labute approximate surface area is 108 Å². The predicted molar refractivity (Wildman–Crippen MR) is 69.9 cm³/mol. The highest BCUT2D eigenvalue weighted by atomic mass is 16.2. The maximum atomic E-state index is 12.3. The van der Waals surface area contributed by atoms with E-state index in [1.54, 1.807) is 17.2 Å². The molecular formula is C14H19N3O. The number of pyridine rings is 1. The Morgan fingerprint density at radius 2 is 2.22 bits per heavy atom. The Hall–Kier alpha value is -1.89. The predicted octanol–water partition coefficient (Wildman–Crippen LogP) is 2.40. The van der Waals surface area contributed by atoms with Gasteiger partial charge in [-0.15, -0.1) is 0 Å². The molecule has 1 heterocycles. The van der Waals surface area contributed by atoms with Crippen LogP contribution in [0.15, 0.2) is 18.3 Å². The van der Waals surface area contributed by atoms with Crippen LogP contribution in [0.4, 0.5) is 0 Å². The first-order valence-electron chi connectivity index (χ1n) is 6.13. The van der Waals surface area contributed by atoms with Crippen LogP contribution in [0.5, 0.6) is 0 Å². The molecule has 0 aliphatic rings. The number of nitriles is 1. The number of hydrogen-bond donors (Lipinski definition) is 0. The van der Waals surface area contributed by atoms with Gasteiger partial charge in [0, 0.05) is 25.0 Å². The van der Waals surface area contributed by atoms with Gasteiger partial charge in [0.1, 0.15) is 0 Å². The molecule has 1 aromatic heterocycles. The van der Waals surface area contributed by atoms with Crippen molar-refractivity contribution < 1.29 is 4.79 Å². The van der Waals surface area contributed by atoms with E-state index in [9.17, 15) is 4.79 Å². The van der Waals surface area contributed by atoms with Gasteiger partial charge in [-0.3, -0.25) is 9.78 Å². The number of rotatable bonds is 5. The molecule has 0 N–H and O–H groups in total. The minimum atomic E-state index is -0.0496. The minimum absolute atomic E-state index is 0.0496. The summed E-state index contributed by atoms with van der Waals surface area (Å²) in [6, 6.07) is 5.68. The van der Waals surface area contributed by atoms with Gasteiger partial charge in [0.05, 0.1) is 18.1 Å². The highest BCUT2D eigenvalue weighted by Gasteiger charge is 2.16. The standard InChI is InChI=1S/C14H19N3O/c1-11(2)10-17(8-4-7-15)14(18)13-6-5-12(3)16-9-13/h5-6,9,11H,4,8,10H2,1-3H3. The zero-order valence-electron chi connectivity index (χ0n) is 11.2. The van der Waals surface area contributed by atoms with Gasteiger partial charge in [-0.2, -0.15) is 5.26 Å². The average Bonchev–Trinajstić information content (AvgIpc) is 2.34. The third kappa shape index (κ3) is 4.17. The molecule has 0 radical (unpaired) electrons. The van der Waals surface area contributed by atoms with E-state index < -0.39 is 0 Å². The number of carbonyl (C=O) groups is 1. The summed E-state index contributed by atoms with van der Waals surface area (Å²) in [6.07, 6.45) is 1.95. The third-order valence-electron chi connectivity index (χ3n) is 2.52.